The Bertz CT molecular complexity index is 1120. The van der Waals surface area contributed by atoms with Gasteiger partial charge in [0.05, 0.1) is 39.0 Å². The van der Waals surface area contributed by atoms with E-state index in [1.165, 1.54) is 0 Å². The number of ketones is 1. The Hall–Kier alpha value is -3.35. The molecule has 0 radical (unpaired) electrons. The lowest BCUT2D eigenvalue weighted by Crippen LogP contribution is -2.57. The predicted molar refractivity (Wildman–Crippen MR) is 160 cm³/mol. The maximum Gasteiger partial charge on any atom is 0.243 e. The van der Waals surface area contributed by atoms with E-state index in [1.807, 2.05) is 49.1 Å². The van der Waals surface area contributed by atoms with E-state index in [2.05, 4.69) is 21.3 Å². The summed E-state index contributed by atoms with van der Waals surface area (Å²) in [5.74, 6) is -2.49. The van der Waals surface area contributed by atoms with Gasteiger partial charge in [0.2, 0.25) is 23.6 Å². The number of Topliss-reactive ketones (excluding diaryl/α,β-unsaturated/α-hetero) is 1. The Kier molecular flexibility index (Phi) is 12.6. The SMILES string of the molecule is CC(C)C(NC(=O)CNC(=O)[C@@H](NC(=O)C(CCc1ccccc1)NC(=O)CN1CCOCC1)C(C)C)C(=O)[C@@]1(C)CO1. The molecule has 0 bridgehead atoms. The Labute approximate surface area is 254 Å². The molecule has 0 spiro atoms. The number of amides is 4. The third kappa shape index (κ3) is 10.7. The summed E-state index contributed by atoms with van der Waals surface area (Å²) in [6, 6.07) is 7.08. The van der Waals surface area contributed by atoms with Gasteiger partial charge >= 0.3 is 0 Å². The monoisotopic (exact) mass is 601 g/mol. The number of rotatable bonds is 16. The number of carbonyl (C=O) groups is 5. The van der Waals surface area contributed by atoms with Crippen LogP contribution >= 0.6 is 0 Å². The largest absolute Gasteiger partial charge is 0.379 e. The van der Waals surface area contributed by atoms with Gasteiger partial charge in [-0.3, -0.25) is 28.9 Å². The van der Waals surface area contributed by atoms with Gasteiger partial charge in [0.15, 0.2) is 5.78 Å². The van der Waals surface area contributed by atoms with Crippen molar-refractivity contribution in [2.45, 2.75) is 71.2 Å². The van der Waals surface area contributed by atoms with E-state index in [0.29, 0.717) is 45.8 Å². The lowest BCUT2D eigenvalue weighted by molar-refractivity contribution is -0.134. The summed E-state index contributed by atoms with van der Waals surface area (Å²) < 4.78 is 10.6. The lowest BCUT2D eigenvalue weighted by Gasteiger charge is -2.28. The highest BCUT2D eigenvalue weighted by Gasteiger charge is 2.50. The maximum atomic E-state index is 13.5. The molecular weight excluding hydrogens is 554 g/mol. The van der Waals surface area contributed by atoms with Gasteiger partial charge in [-0.15, -0.1) is 0 Å². The molecule has 43 heavy (non-hydrogen) atoms. The number of benzene rings is 1. The molecule has 238 valence electrons. The van der Waals surface area contributed by atoms with Gasteiger partial charge in [0.1, 0.15) is 17.7 Å². The number of epoxide rings is 1. The average Bonchev–Trinajstić information content (AvgIpc) is 3.74. The zero-order valence-electron chi connectivity index (χ0n) is 25.9. The summed E-state index contributed by atoms with van der Waals surface area (Å²) in [7, 11) is 0. The molecule has 2 unspecified atom stereocenters. The molecule has 4 N–H and O–H groups in total. The van der Waals surface area contributed by atoms with Crippen LogP contribution in [0, 0.1) is 11.8 Å². The van der Waals surface area contributed by atoms with Crippen molar-refractivity contribution in [1.29, 1.82) is 0 Å². The number of carbonyl (C=O) groups excluding carboxylic acids is 5. The summed E-state index contributed by atoms with van der Waals surface area (Å²) >= 11 is 0. The Morgan fingerprint density at radius 2 is 1.49 bits per heavy atom. The summed E-state index contributed by atoms with van der Waals surface area (Å²) in [5.41, 5.74) is 0.139. The van der Waals surface area contributed by atoms with Crippen molar-refractivity contribution >= 4 is 29.4 Å². The molecule has 1 aromatic rings. The summed E-state index contributed by atoms with van der Waals surface area (Å²) in [5, 5.41) is 10.9. The number of nitrogens with one attached hydrogen (secondary N) is 4. The highest BCUT2D eigenvalue weighted by atomic mass is 16.6. The first-order valence-corrected chi connectivity index (χ1v) is 15.1. The smallest absolute Gasteiger partial charge is 0.243 e. The minimum Gasteiger partial charge on any atom is -0.379 e. The van der Waals surface area contributed by atoms with E-state index in [-0.39, 0.29) is 36.6 Å². The van der Waals surface area contributed by atoms with E-state index in [0.717, 1.165) is 5.56 Å². The molecule has 2 fully saturated rings. The fourth-order valence-corrected chi connectivity index (χ4v) is 4.83. The molecule has 2 aliphatic rings. The van der Waals surface area contributed by atoms with Crippen LogP contribution in [0.4, 0.5) is 0 Å². The molecule has 12 heteroatoms. The molecule has 1 aromatic carbocycles. The van der Waals surface area contributed by atoms with E-state index in [9.17, 15) is 24.0 Å². The second kappa shape index (κ2) is 15.9. The number of hydrogen-bond acceptors (Lipinski definition) is 8. The Morgan fingerprint density at radius 1 is 0.860 bits per heavy atom. The van der Waals surface area contributed by atoms with Crippen LogP contribution in [0.15, 0.2) is 30.3 Å². The molecule has 3 rings (SSSR count). The minimum atomic E-state index is -0.947. The molecule has 2 aliphatic heterocycles. The first kappa shape index (κ1) is 34.1. The summed E-state index contributed by atoms with van der Waals surface area (Å²) in [4.78, 5) is 66.9. The summed E-state index contributed by atoms with van der Waals surface area (Å²) in [6.07, 6.45) is 0.891. The average molecular weight is 602 g/mol. The third-order valence-electron chi connectivity index (χ3n) is 7.72. The zero-order chi connectivity index (χ0) is 31.6. The summed E-state index contributed by atoms with van der Waals surface area (Å²) in [6.45, 7) is 11.4. The molecule has 4 amide bonds. The van der Waals surface area contributed by atoms with Crippen LogP contribution < -0.4 is 21.3 Å². The quantitative estimate of drug-likeness (QED) is 0.196. The second-order valence-corrected chi connectivity index (χ2v) is 12.2. The minimum absolute atomic E-state index is 0.146. The molecule has 2 saturated heterocycles. The number of hydrogen-bond donors (Lipinski definition) is 4. The van der Waals surface area contributed by atoms with Crippen molar-refractivity contribution in [3.05, 3.63) is 35.9 Å². The van der Waals surface area contributed by atoms with Crippen LogP contribution in [0.3, 0.4) is 0 Å². The molecular formula is C31H47N5O7. The van der Waals surface area contributed by atoms with E-state index in [4.69, 9.17) is 9.47 Å². The van der Waals surface area contributed by atoms with Gasteiger partial charge in [-0.05, 0) is 37.2 Å². The number of ether oxygens (including phenoxy) is 2. The van der Waals surface area contributed by atoms with Crippen molar-refractivity contribution in [2.24, 2.45) is 11.8 Å². The standard InChI is InChI=1S/C31H47N5O7/c1-20(2)26(28(39)31(5)19-43-31)34-24(37)17-32-30(41)27(21(3)4)35-29(40)23(12-11-22-9-7-6-8-10-22)33-25(38)18-36-13-15-42-16-14-36/h6-10,20-21,23,26-27H,11-19H2,1-5H3,(H,32,41)(H,33,38)(H,34,37)(H,35,40)/t23?,26?,27-,31+/m0/s1. The van der Waals surface area contributed by atoms with Crippen LogP contribution in [0.25, 0.3) is 0 Å². The van der Waals surface area contributed by atoms with Crippen molar-refractivity contribution < 1.29 is 33.4 Å². The molecule has 2 heterocycles. The highest BCUT2D eigenvalue weighted by molar-refractivity contribution is 5.98. The molecule has 0 saturated carbocycles. The van der Waals surface area contributed by atoms with Gasteiger partial charge in [-0.1, -0.05) is 58.0 Å². The van der Waals surface area contributed by atoms with Crippen LogP contribution in [0.5, 0.6) is 0 Å². The van der Waals surface area contributed by atoms with Gasteiger partial charge in [0, 0.05) is 13.1 Å². The van der Waals surface area contributed by atoms with Gasteiger partial charge in [0.25, 0.3) is 0 Å². The Balaban J connectivity index is 1.59. The van der Waals surface area contributed by atoms with Crippen LogP contribution in [0.1, 0.15) is 46.6 Å². The number of nitrogens with zero attached hydrogens (tertiary/aromatic N) is 1. The van der Waals surface area contributed by atoms with E-state index >= 15 is 0 Å². The first-order chi connectivity index (χ1) is 20.4. The topological polar surface area (TPSA) is 158 Å². The zero-order valence-corrected chi connectivity index (χ0v) is 25.9. The van der Waals surface area contributed by atoms with Crippen molar-refractivity contribution in [3.8, 4) is 0 Å². The second-order valence-electron chi connectivity index (χ2n) is 12.2. The van der Waals surface area contributed by atoms with Gasteiger partial charge in [-0.25, -0.2) is 0 Å². The fraction of sp³-hybridized carbons (Fsp3) is 0.645. The van der Waals surface area contributed by atoms with Gasteiger partial charge in [-0.2, -0.15) is 0 Å². The fourth-order valence-electron chi connectivity index (χ4n) is 4.83. The van der Waals surface area contributed by atoms with Crippen molar-refractivity contribution in [1.82, 2.24) is 26.2 Å². The van der Waals surface area contributed by atoms with Crippen LogP contribution in [-0.4, -0.2) is 104 Å². The number of morpholine rings is 1. The van der Waals surface area contributed by atoms with Crippen LogP contribution in [0.2, 0.25) is 0 Å². The first-order valence-electron chi connectivity index (χ1n) is 15.1. The van der Waals surface area contributed by atoms with E-state index in [1.54, 1.807) is 20.8 Å². The molecule has 0 aliphatic carbocycles. The van der Waals surface area contributed by atoms with Crippen molar-refractivity contribution in [2.75, 3.05) is 46.0 Å². The lowest BCUT2D eigenvalue weighted by atomic mass is 9.92. The van der Waals surface area contributed by atoms with Gasteiger partial charge < -0.3 is 30.7 Å². The Morgan fingerprint density at radius 3 is 2.07 bits per heavy atom. The number of aryl methyl sites for hydroxylation is 1. The normalized spacial score (nSPS) is 20.5. The maximum absolute atomic E-state index is 13.5. The molecule has 4 atom stereocenters. The predicted octanol–water partition coefficient (Wildman–Crippen LogP) is 0.192. The third-order valence-corrected chi connectivity index (χ3v) is 7.72. The van der Waals surface area contributed by atoms with E-state index < -0.39 is 41.4 Å². The highest BCUT2D eigenvalue weighted by Crippen LogP contribution is 2.29. The van der Waals surface area contributed by atoms with Crippen molar-refractivity contribution in [3.63, 3.8) is 0 Å². The van der Waals surface area contributed by atoms with Crippen LogP contribution in [-0.2, 0) is 39.9 Å². The molecule has 0 aromatic heterocycles. The molecule has 12 nitrogen and oxygen atoms in total.